The van der Waals surface area contributed by atoms with Crippen LogP contribution in [0.15, 0.2) is 0 Å². The zero-order chi connectivity index (χ0) is 12.4. The number of fused-ring (bicyclic) bond motifs is 3. The van der Waals surface area contributed by atoms with E-state index in [0.29, 0.717) is 0 Å². The first kappa shape index (κ1) is 11.9. The molecule has 0 bridgehead atoms. The Hall–Kier alpha value is -0.200. The summed E-state index contributed by atoms with van der Waals surface area (Å²) in [4.78, 5) is 0. The summed E-state index contributed by atoms with van der Waals surface area (Å²) in [6.07, 6.45) is -0.850. The first-order chi connectivity index (χ1) is 7.77. The van der Waals surface area contributed by atoms with Crippen molar-refractivity contribution < 1.29 is 23.7 Å². The second-order valence-corrected chi connectivity index (χ2v) is 5.87. The summed E-state index contributed by atoms with van der Waals surface area (Å²) in [6, 6.07) is 0. The van der Waals surface area contributed by atoms with Gasteiger partial charge in [-0.1, -0.05) is 0 Å². The third-order valence-corrected chi connectivity index (χ3v) is 3.39. The lowest BCUT2D eigenvalue weighted by atomic mass is 10.0. The molecule has 5 nitrogen and oxygen atoms in total. The molecule has 5 heteroatoms. The van der Waals surface area contributed by atoms with Crippen LogP contribution in [-0.4, -0.2) is 42.3 Å². The molecule has 0 saturated carbocycles. The Bertz CT molecular complexity index is 327. The minimum atomic E-state index is -0.625. The Balaban J connectivity index is 1.86. The molecule has 0 aromatic heterocycles. The molecule has 0 amide bonds. The summed E-state index contributed by atoms with van der Waals surface area (Å²) < 4.78 is 29.2. The number of hydrogen-bond donors (Lipinski definition) is 0. The fourth-order valence-electron chi connectivity index (χ4n) is 2.81. The molecule has 3 aliphatic rings. The SMILES string of the molecule is C[C@@H]1OC2OC(C)(C)O[C@H]2[C@@H]2OC(C)(C)O[C@@H]21. The first-order valence-electron chi connectivity index (χ1n) is 6.14. The van der Waals surface area contributed by atoms with Gasteiger partial charge < -0.3 is 23.7 Å². The molecule has 5 atom stereocenters. The summed E-state index contributed by atoms with van der Waals surface area (Å²) in [5, 5.41) is 0. The monoisotopic (exact) mass is 244 g/mol. The van der Waals surface area contributed by atoms with Gasteiger partial charge in [0, 0.05) is 0 Å². The number of rotatable bonds is 0. The van der Waals surface area contributed by atoms with E-state index in [1.54, 1.807) is 0 Å². The third-order valence-electron chi connectivity index (χ3n) is 3.39. The van der Waals surface area contributed by atoms with Gasteiger partial charge in [-0.3, -0.25) is 0 Å². The summed E-state index contributed by atoms with van der Waals surface area (Å²) in [7, 11) is 0. The van der Waals surface area contributed by atoms with Crippen molar-refractivity contribution in [3.63, 3.8) is 0 Å². The van der Waals surface area contributed by atoms with Crippen molar-refractivity contribution >= 4 is 0 Å². The molecule has 0 aromatic rings. The predicted molar refractivity (Wildman–Crippen MR) is 58.2 cm³/mol. The van der Waals surface area contributed by atoms with Crippen LogP contribution in [0.2, 0.25) is 0 Å². The average Bonchev–Trinajstić information content (AvgIpc) is 2.62. The number of ether oxygens (including phenoxy) is 5. The van der Waals surface area contributed by atoms with Crippen molar-refractivity contribution in [3.05, 3.63) is 0 Å². The molecule has 3 rings (SSSR count). The molecular formula is C12H20O5. The molecule has 0 radical (unpaired) electrons. The Morgan fingerprint density at radius 1 is 0.706 bits per heavy atom. The molecule has 0 spiro atoms. The topological polar surface area (TPSA) is 46.2 Å². The van der Waals surface area contributed by atoms with Crippen LogP contribution in [0.3, 0.4) is 0 Å². The van der Waals surface area contributed by atoms with E-state index >= 15 is 0 Å². The summed E-state index contributed by atoms with van der Waals surface area (Å²) in [5.74, 6) is -1.21. The highest BCUT2D eigenvalue weighted by molar-refractivity contribution is 4.98. The van der Waals surface area contributed by atoms with Gasteiger partial charge in [0.15, 0.2) is 17.9 Å². The molecule has 3 heterocycles. The molecule has 1 unspecified atom stereocenters. The third kappa shape index (κ3) is 1.90. The van der Waals surface area contributed by atoms with E-state index in [2.05, 4.69) is 0 Å². The molecule has 17 heavy (non-hydrogen) atoms. The van der Waals surface area contributed by atoms with Crippen molar-refractivity contribution in [3.8, 4) is 0 Å². The van der Waals surface area contributed by atoms with Crippen LogP contribution >= 0.6 is 0 Å². The maximum Gasteiger partial charge on any atom is 0.190 e. The molecule has 0 N–H and O–H groups in total. The van der Waals surface area contributed by atoms with Crippen LogP contribution in [0, 0.1) is 0 Å². The van der Waals surface area contributed by atoms with Gasteiger partial charge in [0.1, 0.15) is 18.3 Å². The maximum absolute atomic E-state index is 5.92. The van der Waals surface area contributed by atoms with E-state index in [1.807, 2.05) is 34.6 Å². The first-order valence-corrected chi connectivity index (χ1v) is 6.14. The lowest BCUT2D eigenvalue weighted by molar-refractivity contribution is -0.229. The highest BCUT2D eigenvalue weighted by Crippen LogP contribution is 2.43. The highest BCUT2D eigenvalue weighted by Gasteiger charge is 2.59. The van der Waals surface area contributed by atoms with E-state index in [1.165, 1.54) is 0 Å². The molecular weight excluding hydrogens is 224 g/mol. The standard InChI is InChI=1S/C12H20O5/c1-6-7-8(15-11(2,3)14-7)9-10(13-6)17-12(4,5)16-9/h6-10H,1-5H3/t6-,7+,8+,9-,10?/m0/s1. The predicted octanol–water partition coefficient (Wildman–Crippen LogP) is 1.40. The van der Waals surface area contributed by atoms with E-state index < -0.39 is 11.6 Å². The van der Waals surface area contributed by atoms with Gasteiger partial charge in [-0.2, -0.15) is 0 Å². The largest absolute Gasteiger partial charge is 0.344 e. The summed E-state index contributed by atoms with van der Waals surface area (Å²) in [5.41, 5.74) is 0. The van der Waals surface area contributed by atoms with Gasteiger partial charge in [-0.05, 0) is 34.6 Å². The lowest BCUT2D eigenvalue weighted by Crippen LogP contribution is -2.53. The van der Waals surface area contributed by atoms with Gasteiger partial charge in [-0.15, -0.1) is 0 Å². The van der Waals surface area contributed by atoms with Gasteiger partial charge in [0.2, 0.25) is 0 Å². The van der Waals surface area contributed by atoms with Gasteiger partial charge >= 0.3 is 0 Å². The summed E-state index contributed by atoms with van der Waals surface area (Å²) >= 11 is 0. The zero-order valence-electron chi connectivity index (χ0n) is 10.9. The molecule has 0 aliphatic carbocycles. The average molecular weight is 244 g/mol. The van der Waals surface area contributed by atoms with Crippen LogP contribution < -0.4 is 0 Å². The van der Waals surface area contributed by atoms with Crippen molar-refractivity contribution in [2.24, 2.45) is 0 Å². The molecule has 3 aliphatic heterocycles. The maximum atomic E-state index is 5.92. The van der Waals surface area contributed by atoms with Gasteiger partial charge in [-0.25, -0.2) is 0 Å². The van der Waals surface area contributed by atoms with Crippen LogP contribution in [0.25, 0.3) is 0 Å². The Kier molecular flexibility index (Phi) is 2.39. The lowest BCUT2D eigenvalue weighted by Gasteiger charge is -2.35. The van der Waals surface area contributed by atoms with Gasteiger partial charge in [0.05, 0.1) is 6.10 Å². The van der Waals surface area contributed by atoms with Crippen LogP contribution in [0.5, 0.6) is 0 Å². The van der Waals surface area contributed by atoms with E-state index in [0.717, 1.165) is 0 Å². The molecule has 98 valence electrons. The van der Waals surface area contributed by atoms with E-state index in [-0.39, 0.29) is 30.7 Å². The second kappa shape index (κ2) is 3.42. The Morgan fingerprint density at radius 2 is 1.24 bits per heavy atom. The molecule has 0 aromatic carbocycles. The zero-order valence-corrected chi connectivity index (χ0v) is 10.9. The molecule has 3 saturated heterocycles. The van der Waals surface area contributed by atoms with Crippen LogP contribution in [-0.2, 0) is 23.7 Å². The Labute approximate surface area is 101 Å². The van der Waals surface area contributed by atoms with Gasteiger partial charge in [0.25, 0.3) is 0 Å². The van der Waals surface area contributed by atoms with Crippen molar-refractivity contribution in [2.45, 2.75) is 76.9 Å². The van der Waals surface area contributed by atoms with E-state index in [9.17, 15) is 0 Å². The Morgan fingerprint density at radius 3 is 1.94 bits per heavy atom. The normalized spacial score (nSPS) is 51.0. The van der Waals surface area contributed by atoms with Crippen molar-refractivity contribution in [1.82, 2.24) is 0 Å². The second-order valence-electron chi connectivity index (χ2n) is 5.87. The number of hydrogen-bond acceptors (Lipinski definition) is 5. The van der Waals surface area contributed by atoms with E-state index in [4.69, 9.17) is 23.7 Å². The minimum Gasteiger partial charge on any atom is -0.344 e. The van der Waals surface area contributed by atoms with Crippen LogP contribution in [0.1, 0.15) is 34.6 Å². The molecule has 3 fully saturated rings. The quantitative estimate of drug-likeness (QED) is 0.644. The fraction of sp³-hybridized carbons (Fsp3) is 1.00. The highest BCUT2D eigenvalue weighted by atomic mass is 16.9. The summed E-state index contributed by atoms with van der Waals surface area (Å²) in [6.45, 7) is 9.57. The smallest absolute Gasteiger partial charge is 0.190 e. The van der Waals surface area contributed by atoms with Crippen LogP contribution in [0.4, 0.5) is 0 Å². The fourth-order valence-corrected chi connectivity index (χ4v) is 2.81. The van der Waals surface area contributed by atoms with Crippen molar-refractivity contribution in [2.75, 3.05) is 0 Å². The minimum absolute atomic E-state index is 0.0551. The van der Waals surface area contributed by atoms with Crippen molar-refractivity contribution in [1.29, 1.82) is 0 Å².